The molecule has 0 aliphatic carbocycles. The Hall–Kier alpha value is -2.36. The molecule has 1 amide bonds. The average Bonchev–Trinajstić information content (AvgIpc) is 2.46. The van der Waals surface area contributed by atoms with E-state index in [9.17, 15) is 9.18 Å². The number of benzene rings is 2. The van der Waals surface area contributed by atoms with Gasteiger partial charge in [0, 0.05) is 12.1 Å². The van der Waals surface area contributed by atoms with Crippen LogP contribution in [0.2, 0.25) is 0 Å². The number of anilines is 1. The zero-order chi connectivity index (χ0) is 15.4. The number of amides is 1. The molecule has 110 valence electrons. The molecule has 3 N–H and O–H groups in total. The second-order valence-electron chi connectivity index (χ2n) is 5.31. The fourth-order valence-corrected chi connectivity index (χ4v) is 2.03. The fraction of sp³-hybridized carbons (Fsp3) is 0.235. The summed E-state index contributed by atoms with van der Waals surface area (Å²) < 4.78 is 13.7. The number of nitrogens with one attached hydrogen (secondary N) is 1. The number of nitrogens with two attached hydrogens (primary N) is 1. The van der Waals surface area contributed by atoms with Gasteiger partial charge in [0.2, 0.25) is 5.91 Å². The Balaban J connectivity index is 2.09. The van der Waals surface area contributed by atoms with Gasteiger partial charge in [0.25, 0.3) is 0 Å². The van der Waals surface area contributed by atoms with Crippen LogP contribution >= 0.6 is 0 Å². The van der Waals surface area contributed by atoms with Crippen LogP contribution in [-0.4, -0.2) is 5.91 Å². The van der Waals surface area contributed by atoms with E-state index in [0.717, 1.165) is 5.56 Å². The van der Waals surface area contributed by atoms with Crippen LogP contribution in [0.5, 0.6) is 0 Å². The molecule has 0 unspecified atom stereocenters. The zero-order valence-corrected chi connectivity index (χ0v) is 12.2. The minimum Gasteiger partial charge on any atom is -0.379 e. The molecule has 0 saturated carbocycles. The van der Waals surface area contributed by atoms with Crippen LogP contribution in [0, 0.1) is 5.82 Å². The van der Waals surface area contributed by atoms with Crippen molar-refractivity contribution >= 4 is 11.6 Å². The summed E-state index contributed by atoms with van der Waals surface area (Å²) in [6.07, 6.45) is 0. The number of hydrogen-bond donors (Lipinski definition) is 2. The molecule has 0 aliphatic heterocycles. The van der Waals surface area contributed by atoms with Gasteiger partial charge in [-0.05, 0) is 35.2 Å². The molecular formula is C17H19FN2O. The Kier molecular flexibility index (Phi) is 4.58. The third kappa shape index (κ3) is 3.81. The first kappa shape index (κ1) is 15.0. The number of rotatable bonds is 5. The molecule has 0 radical (unpaired) electrons. The summed E-state index contributed by atoms with van der Waals surface area (Å²) in [5.74, 6) is -0.491. The van der Waals surface area contributed by atoms with Crippen molar-refractivity contribution in [2.75, 3.05) is 5.32 Å². The van der Waals surface area contributed by atoms with Gasteiger partial charge in [0.05, 0.1) is 5.69 Å². The average molecular weight is 286 g/mol. The molecule has 4 heteroatoms. The van der Waals surface area contributed by atoms with Crippen LogP contribution < -0.4 is 11.1 Å². The summed E-state index contributed by atoms with van der Waals surface area (Å²) in [4.78, 5) is 11.1. The van der Waals surface area contributed by atoms with Crippen molar-refractivity contribution in [3.8, 4) is 0 Å². The Morgan fingerprint density at radius 2 is 1.86 bits per heavy atom. The van der Waals surface area contributed by atoms with E-state index in [1.807, 2.05) is 12.1 Å². The Labute approximate surface area is 124 Å². The van der Waals surface area contributed by atoms with Gasteiger partial charge in [-0.3, -0.25) is 4.79 Å². The van der Waals surface area contributed by atoms with E-state index >= 15 is 0 Å². The molecule has 21 heavy (non-hydrogen) atoms. The van der Waals surface area contributed by atoms with Crippen LogP contribution in [0.4, 0.5) is 10.1 Å². The lowest BCUT2D eigenvalue weighted by Gasteiger charge is -2.10. The monoisotopic (exact) mass is 286 g/mol. The van der Waals surface area contributed by atoms with Gasteiger partial charge in [-0.1, -0.05) is 38.1 Å². The first-order valence-electron chi connectivity index (χ1n) is 6.89. The van der Waals surface area contributed by atoms with Crippen molar-refractivity contribution in [1.82, 2.24) is 0 Å². The van der Waals surface area contributed by atoms with Crippen molar-refractivity contribution in [2.45, 2.75) is 26.3 Å². The smallest absolute Gasteiger partial charge is 0.248 e. The second kappa shape index (κ2) is 6.39. The molecule has 0 aromatic heterocycles. The fourth-order valence-electron chi connectivity index (χ4n) is 2.03. The van der Waals surface area contributed by atoms with Crippen molar-refractivity contribution < 1.29 is 9.18 Å². The third-order valence-electron chi connectivity index (χ3n) is 3.38. The molecular weight excluding hydrogens is 267 g/mol. The molecule has 3 nitrogen and oxygen atoms in total. The summed E-state index contributed by atoms with van der Waals surface area (Å²) in [6.45, 7) is 4.76. The maximum Gasteiger partial charge on any atom is 0.248 e. The van der Waals surface area contributed by atoms with Crippen LogP contribution in [0.15, 0.2) is 42.5 Å². The predicted octanol–water partition coefficient (Wildman–Crippen LogP) is 3.66. The SMILES string of the molecule is CC(C)c1ccc(CNc2cc(C(N)=O)ccc2F)cc1. The molecule has 2 rings (SSSR count). The minimum atomic E-state index is -0.570. The van der Waals surface area contributed by atoms with Crippen LogP contribution in [0.3, 0.4) is 0 Å². The summed E-state index contributed by atoms with van der Waals surface area (Å²) in [6, 6.07) is 12.2. The van der Waals surface area contributed by atoms with Gasteiger partial charge in [-0.2, -0.15) is 0 Å². The third-order valence-corrected chi connectivity index (χ3v) is 3.38. The molecule has 0 bridgehead atoms. The lowest BCUT2D eigenvalue weighted by molar-refractivity contribution is 0.100. The van der Waals surface area contributed by atoms with E-state index in [1.165, 1.54) is 23.8 Å². The molecule has 0 fully saturated rings. The molecule has 0 atom stereocenters. The highest BCUT2D eigenvalue weighted by molar-refractivity contribution is 5.93. The van der Waals surface area contributed by atoms with Crippen LogP contribution in [0.1, 0.15) is 41.3 Å². The van der Waals surface area contributed by atoms with Crippen molar-refractivity contribution in [3.63, 3.8) is 0 Å². The van der Waals surface area contributed by atoms with E-state index < -0.39 is 11.7 Å². The van der Waals surface area contributed by atoms with Crippen LogP contribution in [0.25, 0.3) is 0 Å². The molecule has 0 saturated heterocycles. The van der Waals surface area contributed by atoms with Crippen molar-refractivity contribution in [3.05, 3.63) is 65.0 Å². The van der Waals surface area contributed by atoms with Crippen molar-refractivity contribution in [2.24, 2.45) is 5.73 Å². The maximum atomic E-state index is 13.7. The lowest BCUT2D eigenvalue weighted by Crippen LogP contribution is -2.12. The number of halogens is 1. The normalized spacial score (nSPS) is 10.7. The molecule has 0 spiro atoms. The van der Waals surface area contributed by atoms with E-state index in [1.54, 1.807) is 0 Å². The Morgan fingerprint density at radius 3 is 2.43 bits per heavy atom. The van der Waals surface area contributed by atoms with E-state index in [0.29, 0.717) is 12.5 Å². The highest BCUT2D eigenvalue weighted by atomic mass is 19.1. The van der Waals surface area contributed by atoms with Gasteiger partial charge in [0.15, 0.2) is 0 Å². The Bertz CT molecular complexity index is 636. The van der Waals surface area contributed by atoms with Gasteiger partial charge in [-0.15, -0.1) is 0 Å². The molecule has 2 aromatic carbocycles. The van der Waals surface area contributed by atoms with Gasteiger partial charge < -0.3 is 11.1 Å². The largest absolute Gasteiger partial charge is 0.379 e. The first-order valence-corrected chi connectivity index (χ1v) is 6.89. The second-order valence-corrected chi connectivity index (χ2v) is 5.31. The Morgan fingerprint density at radius 1 is 1.19 bits per heavy atom. The molecule has 0 heterocycles. The molecule has 2 aromatic rings. The predicted molar refractivity (Wildman–Crippen MR) is 82.8 cm³/mol. The highest BCUT2D eigenvalue weighted by Gasteiger charge is 2.07. The summed E-state index contributed by atoms with van der Waals surface area (Å²) in [7, 11) is 0. The van der Waals surface area contributed by atoms with E-state index in [-0.39, 0.29) is 11.3 Å². The number of hydrogen-bond acceptors (Lipinski definition) is 2. The standard InChI is InChI=1S/C17H19FN2O/c1-11(2)13-5-3-12(4-6-13)10-20-16-9-14(17(19)21)7-8-15(16)18/h3-9,11,20H,10H2,1-2H3,(H2,19,21). The number of carbonyl (C=O) groups excluding carboxylic acids is 1. The number of primary amides is 1. The highest BCUT2D eigenvalue weighted by Crippen LogP contribution is 2.18. The first-order chi connectivity index (χ1) is 9.97. The topological polar surface area (TPSA) is 55.1 Å². The zero-order valence-electron chi connectivity index (χ0n) is 12.2. The lowest BCUT2D eigenvalue weighted by atomic mass is 10.0. The van der Waals surface area contributed by atoms with Crippen molar-refractivity contribution in [1.29, 1.82) is 0 Å². The van der Waals surface area contributed by atoms with Gasteiger partial charge in [0.1, 0.15) is 5.82 Å². The van der Waals surface area contributed by atoms with E-state index in [2.05, 4.69) is 31.3 Å². The van der Waals surface area contributed by atoms with E-state index in [4.69, 9.17) is 5.73 Å². The summed E-state index contributed by atoms with van der Waals surface area (Å²) >= 11 is 0. The van der Waals surface area contributed by atoms with Gasteiger partial charge >= 0.3 is 0 Å². The summed E-state index contributed by atoms with van der Waals surface area (Å²) in [5.41, 5.74) is 8.07. The molecule has 0 aliphatic rings. The van der Waals surface area contributed by atoms with Crippen LogP contribution in [-0.2, 0) is 6.54 Å². The number of carbonyl (C=O) groups is 1. The minimum absolute atomic E-state index is 0.277. The maximum absolute atomic E-state index is 13.7. The summed E-state index contributed by atoms with van der Waals surface area (Å²) in [5, 5.41) is 2.99. The van der Waals surface area contributed by atoms with Gasteiger partial charge in [-0.25, -0.2) is 4.39 Å². The quantitative estimate of drug-likeness (QED) is 0.881.